The van der Waals surface area contributed by atoms with Gasteiger partial charge in [-0.3, -0.25) is 9.52 Å². The number of amides is 1. The van der Waals surface area contributed by atoms with Gasteiger partial charge in [0, 0.05) is 36.6 Å². The molecule has 1 aliphatic rings. The molecular weight excluding hydrogens is 410 g/mol. The van der Waals surface area contributed by atoms with Gasteiger partial charge in [-0.1, -0.05) is 48.5 Å². The second-order valence-corrected chi connectivity index (χ2v) is 9.50. The number of rotatable bonds is 7. The molecule has 160 valence electrons. The minimum Gasteiger partial charge on any atom is -0.367 e. The van der Waals surface area contributed by atoms with Crippen LogP contribution in [-0.2, 0) is 29.5 Å². The lowest BCUT2D eigenvalue weighted by Crippen LogP contribution is -2.23. The van der Waals surface area contributed by atoms with Crippen molar-refractivity contribution in [2.45, 2.75) is 19.5 Å². The van der Waals surface area contributed by atoms with Gasteiger partial charge in [-0.2, -0.15) is 0 Å². The van der Waals surface area contributed by atoms with Gasteiger partial charge in [-0.05, 0) is 47.4 Å². The van der Waals surface area contributed by atoms with Crippen molar-refractivity contribution >= 4 is 27.3 Å². The largest absolute Gasteiger partial charge is 0.367 e. The summed E-state index contributed by atoms with van der Waals surface area (Å²) in [6.45, 7) is 2.30. The van der Waals surface area contributed by atoms with Crippen molar-refractivity contribution in [2.75, 3.05) is 22.4 Å². The Morgan fingerprint density at radius 3 is 2.48 bits per heavy atom. The normalized spacial score (nSPS) is 13.0. The first kappa shape index (κ1) is 20.9. The molecule has 31 heavy (non-hydrogen) atoms. The van der Waals surface area contributed by atoms with Gasteiger partial charge in [0.25, 0.3) is 5.91 Å². The smallest absolute Gasteiger partial charge is 0.251 e. The highest BCUT2D eigenvalue weighted by atomic mass is 32.2. The zero-order valence-corrected chi connectivity index (χ0v) is 18.2. The highest BCUT2D eigenvalue weighted by Gasteiger charge is 2.18. The number of sulfonamides is 1. The van der Waals surface area contributed by atoms with Crippen molar-refractivity contribution in [3.05, 3.63) is 95.1 Å². The highest BCUT2D eigenvalue weighted by Crippen LogP contribution is 2.28. The summed E-state index contributed by atoms with van der Waals surface area (Å²) >= 11 is 0. The zero-order chi connectivity index (χ0) is 21.8. The molecule has 0 fully saturated rings. The Hall–Kier alpha value is -3.32. The number of fused-ring (bicyclic) bond motifs is 1. The molecule has 0 saturated heterocycles. The summed E-state index contributed by atoms with van der Waals surface area (Å²) in [5.41, 5.74) is 5.71. The van der Waals surface area contributed by atoms with Crippen LogP contribution in [0, 0.1) is 0 Å². The van der Waals surface area contributed by atoms with Crippen molar-refractivity contribution in [1.82, 2.24) is 5.32 Å². The number of hydrogen-bond acceptors (Lipinski definition) is 4. The van der Waals surface area contributed by atoms with E-state index in [2.05, 4.69) is 51.3 Å². The minimum absolute atomic E-state index is 0.255. The standard InChI is InChI=1S/C24H25N3O3S/c1-31(29,30)26-22-7-4-6-21(15-22)24(28)25-16-18-9-11-19(12-10-18)17-27-14-13-20-5-2-3-8-23(20)27/h2-12,15,26H,13-14,16-17H2,1H3,(H,25,28). The summed E-state index contributed by atoms with van der Waals surface area (Å²) in [7, 11) is -3.39. The summed E-state index contributed by atoms with van der Waals surface area (Å²) in [5.74, 6) is -0.255. The maximum Gasteiger partial charge on any atom is 0.251 e. The highest BCUT2D eigenvalue weighted by molar-refractivity contribution is 7.92. The number of benzene rings is 3. The average Bonchev–Trinajstić information content (AvgIpc) is 3.15. The van der Waals surface area contributed by atoms with Crippen molar-refractivity contribution in [1.29, 1.82) is 0 Å². The van der Waals surface area contributed by atoms with Crippen LogP contribution in [-0.4, -0.2) is 27.1 Å². The van der Waals surface area contributed by atoms with Crippen LogP contribution in [0.2, 0.25) is 0 Å². The van der Waals surface area contributed by atoms with Gasteiger partial charge >= 0.3 is 0 Å². The summed E-state index contributed by atoms with van der Waals surface area (Å²) in [4.78, 5) is 14.8. The second-order valence-electron chi connectivity index (χ2n) is 7.75. The van der Waals surface area contributed by atoms with Gasteiger partial charge < -0.3 is 10.2 Å². The summed E-state index contributed by atoms with van der Waals surface area (Å²) < 4.78 is 25.1. The molecule has 0 spiro atoms. The van der Waals surface area contributed by atoms with Crippen LogP contribution in [0.5, 0.6) is 0 Å². The SMILES string of the molecule is CS(=O)(=O)Nc1cccc(C(=O)NCc2ccc(CN3CCc4ccccc43)cc2)c1. The number of hydrogen-bond donors (Lipinski definition) is 2. The van der Waals surface area contributed by atoms with Gasteiger partial charge in [0.05, 0.1) is 6.26 Å². The van der Waals surface area contributed by atoms with Crippen molar-refractivity contribution < 1.29 is 13.2 Å². The maximum atomic E-state index is 12.5. The van der Waals surface area contributed by atoms with Crippen LogP contribution < -0.4 is 14.9 Å². The van der Waals surface area contributed by atoms with Crippen molar-refractivity contribution in [3.8, 4) is 0 Å². The zero-order valence-electron chi connectivity index (χ0n) is 17.3. The van der Waals surface area contributed by atoms with Crippen LogP contribution in [0.25, 0.3) is 0 Å². The van der Waals surface area contributed by atoms with E-state index < -0.39 is 10.0 Å². The molecule has 6 nitrogen and oxygen atoms in total. The molecule has 0 saturated carbocycles. The fraction of sp³-hybridized carbons (Fsp3) is 0.208. The molecule has 0 aromatic heterocycles. The van der Waals surface area contributed by atoms with E-state index in [0.29, 0.717) is 17.8 Å². The van der Waals surface area contributed by atoms with E-state index in [9.17, 15) is 13.2 Å². The molecule has 0 unspecified atom stereocenters. The first-order valence-electron chi connectivity index (χ1n) is 10.1. The van der Waals surface area contributed by atoms with E-state index in [1.807, 2.05) is 12.1 Å². The molecule has 0 radical (unpaired) electrons. The Bertz CT molecular complexity index is 1190. The number of anilines is 2. The molecule has 1 amide bonds. The molecule has 1 heterocycles. The van der Waals surface area contributed by atoms with Gasteiger partial charge in [-0.25, -0.2) is 8.42 Å². The van der Waals surface area contributed by atoms with Gasteiger partial charge in [0.1, 0.15) is 0 Å². The molecular formula is C24H25N3O3S. The second kappa shape index (κ2) is 8.81. The Morgan fingerprint density at radius 2 is 1.71 bits per heavy atom. The van der Waals surface area contributed by atoms with Crippen molar-refractivity contribution in [3.63, 3.8) is 0 Å². The number of carbonyl (C=O) groups excluding carboxylic acids is 1. The fourth-order valence-electron chi connectivity index (χ4n) is 3.78. The van der Waals surface area contributed by atoms with E-state index in [1.54, 1.807) is 18.2 Å². The van der Waals surface area contributed by atoms with E-state index in [1.165, 1.54) is 22.9 Å². The maximum absolute atomic E-state index is 12.5. The molecule has 1 aliphatic heterocycles. The van der Waals surface area contributed by atoms with Gasteiger partial charge in [-0.15, -0.1) is 0 Å². The number of nitrogens with zero attached hydrogens (tertiary/aromatic N) is 1. The molecule has 4 rings (SSSR count). The summed E-state index contributed by atoms with van der Waals surface area (Å²) in [6.07, 6.45) is 2.16. The first-order valence-corrected chi connectivity index (χ1v) is 12.0. The topological polar surface area (TPSA) is 78.5 Å². The Balaban J connectivity index is 1.34. The van der Waals surface area contributed by atoms with E-state index in [0.717, 1.165) is 31.3 Å². The van der Waals surface area contributed by atoms with Gasteiger partial charge in [0.2, 0.25) is 10.0 Å². The lowest BCUT2D eigenvalue weighted by atomic mass is 10.1. The van der Waals surface area contributed by atoms with E-state index >= 15 is 0 Å². The first-order chi connectivity index (χ1) is 14.9. The van der Waals surface area contributed by atoms with Crippen LogP contribution >= 0.6 is 0 Å². The molecule has 0 atom stereocenters. The predicted molar refractivity (Wildman–Crippen MR) is 124 cm³/mol. The van der Waals surface area contributed by atoms with Gasteiger partial charge in [0.15, 0.2) is 0 Å². The molecule has 3 aromatic rings. The third kappa shape index (κ3) is 5.44. The Kier molecular flexibility index (Phi) is 5.95. The van der Waals surface area contributed by atoms with Crippen LogP contribution in [0.15, 0.2) is 72.8 Å². The number of para-hydroxylation sites is 1. The minimum atomic E-state index is -3.39. The van der Waals surface area contributed by atoms with Crippen LogP contribution in [0.3, 0.4) is 0 Å². The van der Waals surface area contributed by atoms with Crippen molar-refractivity contribution in [2.24, 2.45) is 0 Å². The van der Waals surface area contributed by atoms with E-state index in [-0.39, 0.29) is 5.91 Å². The Labute approximate surface area is 183 Å². The molecule has 0 bridgehead atoms. The number of carbonyl (C=O) groups is 1. The summed E-state index contributed by atoms with van der Waals surface area (Å²) in [6, 6.07) is 23.2. The number of nitrogens with one attached hydrogen (secondary N) is 2. The quantitative estimate of drug-likeness (QED) is 0.595. The predicted octanol–water partition coefficient (Wildman–Crippen LogP) is 3.55. The Morgan fingerprint density at radius 1 is 0.968 bits per heavy atom. The van der Waals surface area contributed by atoms with Crippen LogP contribution in [0.1, 0.15) is 27.0 Å². The summed E-state index contributed by atoms with van der Waals surface area (Å²) in [5, 5.41) is 2.88. The molecule has 0 aliphatic carbocycles. The lowest BCUT2D eigenvalue weighted by Gasteiger charge is -2.19. The lowest BCUT2D eigenvalue weighted by molar-refractivity contribution is 0.0951. The molecule has 7 heteroatoms. The molecule has 3 aromatic carbocycles. The average molecular weight is 436 g/mol. The monoisotopic (exact) mass is 435 g/mol. The third-order valence-corrected chi connectivity index (χ3v) is 5.87. The van der Waals surface area contributed by atoms with Crippen LogP contribution in [0.4, 0.5) is 11.4 Å². The molecule has 2 N–H and O–H groups in total. The van der Waals surface area contributed by atoms with E-state index in [4.69, 9.17) is 0 Å². The third-order valence-electron chi connectivity index (χ3n) is 5.26. The fourth-order valence-corrected chi connectivity index (χ4v) is 4.33.